The quantitative estimate of drug-likeness (QED) is 0.569. The highest BCUT2D eigenvalue weighted by atomic mass is 35.5. The van der Waals surface area contributed by atoms with E-state index in [1.165, 1.54) is 16.8 Å². The van der Waals surface area contributed by atoms with Crippen LogP contribution >= 0.6 is 23.2 Å². The average molecular weight is 403 g/mol. The number of rotatable bonds is 6. The fraction of sp³-hybridized carbons (Fsp3) is 0.409. The van der Waals surface area contributed by atoms with Crippen LogP contribution in [0, 0.1) is 0 Å². The molecule has 2 aromatic rings. The molecule has 0 spiro atoms. The number of anilines is 1. The van der Waals surface area contributed by atoms with Crippen molar-refractivity contribution in [2.45, 2.75) is 44.7 Å². The van der Waals surface area contributed by atoms with Gasteiger partial charge in [0.1, 0.15) is 0 Å². The molecule has 0 saturated carbocycles. The fourth-order valence-electron chi connectivity index (χ4n) is 4.57. The molecule has 27 heavy (non-hydrogen) atoms. The number of para-hydroxylation sites is 1. The van der Waals surface area contributed by atoms with Gasteiger partial charge in [-0.3, -0.25) is 4.79 Å². The van der Waals surface area contributed by atoms with Crippen LogP contribution in [0.15, 0.2) is 36.4 Å². The number of amides is 1. The second kappa shape index (κ2) is 7.73. The molecule has 142 valence electrons. The first kappa shape index (κ1) is 18.6. The van der Waals surface area contributed by atoms with Crippen molar-refractivity contribution >= 4 is 35.3 Å². The summed E-state index contributed by atoms with van der Waals surface area (Å²) in [6, 6.07) is 12.6. The minimum atomic E-state index is 0.0680. The van der Waals surface area contributed by atoms with Gasteiger partial charge >= 0.3 is 0 Å². The molecular formula is C22H24Cl2N2O. The first-order chi connectivity index (χ1) is 13.2. The van der Waals surface area contributed by atoms with Crippen molar-refractivity contribution in [2.24, 2.45) is 0 Å². The molecule has 1 amide bonds. The molecule has 0 aliphatic carbocycles. The second-order valence-corrected chi connectivity index (χ2v) is 8.19. The summed E-state index contributed by atoms with van der Waals surface area (Å²) in [4.78, 5) is 16.4. The van der Waals surface area contributed by atoms with Crippen molar-refractivity contribution in [1.29, 1.82) is 0 Å². The summed E-state index contributed by atoms with van der Waals surface area (Å²) in [6.07, 6.45) is 4.96. The molecule has 2 aromatic carbocycles. The summed E-state index contributed by atoms with van der Waals surface area (Å²) >= 11 is 12.9. The maximum absolute atomic E-state index is 11.9. The SMILES string of the molecule is CCCCN(C=O)C1CC(c2cccc(Cl)c2Cl)N2CCc3cccc1c32. The van der Waals surface area contributed by atoms with E-state index in [0.29, 0.717) is 10.0 Å². The zero-order valence-corrected chi connectivity index (χ0v) is 17.0. The third-order valence-corrected chi connectivity index (χ3v) is 6.72. The van der Waals surface area contributed by atoms with Crippen LogP contribution in [0.5, 0.6) is 0 Å². The molecule has 0 N–H and O–H groups in total. The van der Waals surface area contributed by atoms with Crippen molar-refractivity contribution in [3.8, 4) is 0 Å². The highest BCUT2D eigenvalue weighted by Gasteiger charge is 2.40. The van der Waals surface area contributed by atoms with Crippen molar-refractivity contribution < 1.29 is 4.79 Å². The lowest BCUT2D eigenvalue weighted by molar-refractivity contribution is -0.120. The summed E-state index contributed by atoms with van der Waals surface area (Å²) in [5.41, 5.74) is 4.97. The van der Waals surface area contributed by atoms with Gasteiger partial charge in [-0.25, -0.2) is 0 Å². The van der Waals surface area contributed by atoms with Gasteiger partial charge in [0.15, 0.2) is 0 Å². The highest BCUT2D eigenvalue weighted by molar-refractivity contribution is 6.42. The van der Waals surface area contributed by atoms with Crippen LogP contribution in [0.2, 0.25) is 10.0 Å². The summed E-state index contributed by atoms with van der Waals surface area (Å²) in [6.45, 7) is 3.91. The van der Waals surface area contributed by atoms with Crippen LogP contribution in [-0.2, 0) is 11.2 Å². The van der Waals surface area contributed by atoms with Gasteiger partial charge in [0.2, 0.25) is 6.41 Å². The van der Waals surface area contributed by atoms with Crippen LogP contribution in [0.1, 0.15) is 55.0 Å². The van der Waals surface area contributed by atoms with E-state index in [2.05, 4.69) is 36.1 Å². The minimum Gasteiger partial charge on any atom is -0.363 e. The topological polar surface area (TPSA) is 23.6 Å². The number of unbranched alkanes of at least 4 members (excludes halogenated alkanes) is 1. The van der Waals surface area contributed by atoms with Gasteiger partial charge in [0.25, 0.3) is 0 Å². The predicted octanol–water partition coefficient (Wildman–Crippen LogP) is 5.80. The lowest BCUT2D eigenvalue weighted by atomic mass is 9.86. The maximum Gasteiger partial charge on any atom is 0.210 e. The number of nitrogens with zero attached hydrogens (tertiary/aromatic N) is 2. The van der Waals surface area contributed by atoms with Gasteiger partial charge in [-0.05, 0) is 42.0 Å². The molecule has 0 aromatic heterocycles. The second-order valence-electron chi connectivity index (χ2n) is 7.41. The molecule has 0 bridgehead atoms. The lowest BCUT2D eigenvalue weighted by Crippen LogP contribution is -2.39. The van der Waals surface area contributed by atoms with E-state index in [1.54, 1.807) is 0 Å². The zero-order chi connectivity index (χ0) is 19.0. The number of hydrogen-bond acceptors (Lipinski definition) is 2. The Bertz CT molecular complexity index is 854. The van der Waals surface area contributed by atoms with Crippen molar-refractivity contribution in [2.75, 3.05) is 18.0 Å². The van der Waals surface area contributed by atoms with E-state index in [-0.39, 0.29) is 12.1 Å². The van der Waals surface area contributed by atoms with Gasteiger partial charge in [0, 0.05) is 18.8 Å². The summed E-state index contributed by atoms with van der Waals surface area (Å²) in [5.74, 6) is 0. The summed E-state index contributed by atoms with van der Waals surface area (Å²) in [7, 11) is 0. The fourth-order valence-corrected chi connectivity index (χ4v) is 5.01. The van der Waals surface area contributed by atoms with Gasteiger partial charge in [0.05, 0.1) is 22.1 Å². The first-order valence-electron chi connectivity index (χ1n) is 9.69. The van der Waals surface area contributed by atoms with Gasteiger partial charge in [-0.2, -0.15) is 0 Å². The molecule has 5 heteroatoms. The number of hydrogen-bond donors (Lipinski definition) is 0. The zero-order valence-electron chi connectivity index (χ0n) is 15.5. The lowest BCUT2D eigenvalue weighted by Gasteiger charge is -2.43. The number of carbonyl (C=O) groups excluding carboxylic acids is 1. The Hall–Kier alpha value is -1.71. The van der Waals surface area contributed by atoms with Crippen LogP contribution in [0.4, 0.5) is 5.69 Å². The third kappa shape index (κ3) is 3.21. The molecule has 2 aliphatic heterocycles. The Morgan fingerprint density at radius 2 is 1.96 bits per heavy atom. The number of carbonyl (C=O) groups is 1. The molecule has 0 saturated heterocycles. The molecule has 0 radical (unpaired) electrons. The Morgan fingerprint density at radius 3 is 2.74 bits per heavy atom. The average Bonchev–Trinajstić information content (AvgIpc) is 3.12. The van der Waals surface area contributed by atoms with Gasteiger partial charge in [-0.1, -0.05) is 66.9 Å². The molecule has 2 aliphatic rings. The Balaban J connectivity index is 1.80. The van der Waals surface area contributed by atoms with E-state index >= 15 is 0 Å². The Morgan fingerprint density at radius 1 is 1.19 bits per heavy atom. The molecule has 2 unspecified atom stereocenters. The molecule has 4 rings (SSSR count). The minimum absolute atomic E-state index is 0.0680. The number of benzene rings is 2. The van der Waals surface area contributed by atoms with Crippen molar-refractivity contribution in [3.05, 3.63) is 63.1 Å². The van der Waals surface area contributed by atoms with Crippen molar-refractivity contribution in [3.63, 3.8) is 0 Å². The Kier molecular flexibility index (Phi) is 5.34. The molecule has 3 nitrogen and oxygen atoms in total. The van der Waals surface area contributed by atoms with E-state index < -0.39 is 0 Å². The van der Waals surface area contributed by atoms with Gasteiger partial charge in [-0.15, -0.1) is 0 Å². The molecule has 0 fully saturated rings. The number of halogens is 2. The first-order valence-corrected chi connectivity index (χ1v) is 10.4. The maximum atomic E-state index is 11.9. The monoisotopic (exact) mass is 402 g/mol. The standard InChI is InChI=1S/C22H24Cl2N2O/c1-2-3-11-25(14-27)19-13-20(16-7-5-9-18(23)21(16)24)26-12-10-15-6-4-8-17(19)22(15)26/h4-9,14,19-20H,2-3,10-13H2,1H3. The van der Waals surface area contributed by atoms with Crippen LogP contribution < -0.4 is 4.90 Å². The van der Waals surface area contributed by atoms with E-state index in [4.69, 9.17) is 23.2 Å². The molecular weight excluding hydrogens is 379 g/mol. The Labute approximate surface area is 170 Å². The van der Waals surface area contributed by atoms with Crippen LogP contribution in [0.25, 0.3) is 0 Å². The molecule has 2 atom stereocenters. The van der Waals surface area contributed by atoms with Crippen LogP contribution in [-0.4, -0.2) is 24.4 Å². The molecule has 2 heterocycles. The van der Waals surface area contributed by atoms with E-state index in [1.807, 2.05) is 17.0 Å². The third-order valence-electron chi connectivity index (χ3n) is 5.89. The van der Waals surface area contributed by atoms with E-state index in [9.17, 15) is 4.79 Å². The van der Waals surface area contributed by atoms with Crippen molar-refractivity contribution in [1.82, 2.24) is 4.90 Å². The van der Waals surface area contributed by atoms with Gasteiger partial charge < -0.3 is 9.80 Å². The summed E-state index contributed by atoms with van der Waals surface area (Å²) < 4.78 is 0. The van der Waals surface area contributed by atoms with E-state index in [0.717, 1.165) is 50.7 Å². The summed E-state index contributed by atoms with van der Waals surface area (Å²) in [5, 5.41) is 1.21. The predicted molar refractivity (Wildman–Crippen MR) is 112 cm³/mol. The van der Waals surface area contributed by atoms with Crippen LogP contribution in [0.3, 0.4) is 0 Å². The highest BCUT2D eigenvalue weighted by Crippen LogP contribution is 2.51. The smallest absolute Gasteiger partial charge is 0.210 e. The largest absolute Gasteiger partial charge is 0.363 e. The normalized spacial score (nSPS) is 20.5.